The van der Waals surface area contributed by atoms with Crippen LogP contribution in [0.25, 0.3) is 11.1 Å². The third-order valence-electron chi connectivity index (χ3n) is 2.74. The quantitative estimate of drug-likeness (QED) is 0.842. The first-order valence-electron chi connectivity index (χ1n) is 5.89. The van der Waals surface area contributed by atoms with Crippen molar-refractivity contribution >= 4 is 11.6 Å². The normalized spacial score (nSPS) is 11.6. The molecule has 2 aromatic rings. The van der Waals surface area contributed by atoms with Gasteiger partial charge in [-0.25, -0.2) is 0 Å². The molecule has 19 heavy (non-hydrogen) atoms. The van der Waals surface area contributed by atoms with Gasteiger partial charge in [0, 0.05) is 10.4 Å². The van der Waals surface area contributed by atoms with Gasteiger partial charge in [0.25, 0.3) is 5.56 Å². The standard InChI is InChI=1S/C14H15ClN2O2/c1-14(2,3)13-16-11(18)10(12(19)17-13)8-4-6-9(15)7-5-8/h4-7H,1-3H3,(H2,16,17,18,19). The number of aromatic hydroxyl groups is 1. The predicted octanol–water partition coefficient (Wildman–Crippen LogP) is 3.09. The van der Waals surface area contributed by atoms with Gasteiger partial charge in [0.1, 0.15) is 11.4 Å². The van der Waals surface area contributed by atoms with E-state index in [4.69, 9.17) is 11.6 Å². The molecular weight excluding hydrogens is 264 g/mol. The molecular formula is C14H15ClN2O2. The summed E-state index contributed by atoms with van der Waals surface area (Å²) in [5, 5.41) is 10.6. The highest BCUT2D eigenvalue weighted by Crippen LogP contribution is 2.27. The minimum absolute atomic E-state index is 0.157. The van der Waals surface area contributed by atoms with E-state index in [2.05, 4.69) is 9.97 Å². The minimum Gasteiger partial charge on any atom is -0.493 e. The lowest BCUT2D eigenvalue weighted by Crippen LogP contribution is -2.22. The Morgan fingerprint density at radius 3 is 2.26 bits per heavy atom. The lowest BCUT2D eigenvalue weighted by molar-refractivity contribution is 0.437. The highest BCUT2D eigenvalue weighted by atomic mass is 35.5. The molecule has 0 bridgehead atoms. The zero-order valence-electron chi connectivity index (χ0n) is 11.0. The third-order valence-corrected chi connectivity index (χ3v) is 3.00. The van der Waals surface area contributed by atoms with E-state index in [1.165, 1.54) is 0 Å². The number of halogens is 1. The van der Waals surface area contributed by atoms with Gasteiger partial charge in [0.15, 0.2) is 0 Å². The van der Waals surface area contributed by atoms with Crippen molar-refractivity contribution in [2.75, 3.05) is 0 Å². The first-order chi connectivity index (χ1) is 8.79. The fourth-order valence-electron chi connectivity index (χ4n) is 1.69. The van der Waals surface area contributed by atoms with Crippen molar-refractivity contribution in [1.29, 1.82) is 0 Å². The summed E-state index contributed by atoms with van der Waals surface area (Å²) in [7, 11) is 0. The second kappa shape index (κ2) is 4.70. The number of H-pyrrole nitrogens is 1. The molecule has 2 rings (SSSR count). The number of hydrogen-bond acceptors (Lipinski definition) is 3. The molecule has 0 unspecified atom stereocenters. The van der Waals surface area contributed by atoms with Crippen molar-refractivity contribution in [3.8, 4) is 17.0 Å². The summed E-state index contributed by atoms with van der Waals surface area (Å²) in [5.74, 6) is 0.184. The Morgan fingerprint density at radius 2 is 1.79 bits per heavy atom. The van der Waals surface area contributed by atoms with E-state index >= 15 is 0 Å². The lowest BCUT2D eigenvalue weighted by Gasteiger charge is -2.17. The summed E-state index contributed by atoms with van der Waals surface area (Å²) in [4.78, 5) is 18.9. The summed E-state index contributed by atoms with van der Waals surface area (Å²) in [6, 6.07) is 6.66. The summed E-state index contributed by atoms with van der Waals surface area (Å²) < 4.78 is 0. The van der Waals surface area contributed by atoms with Crippen LogP contribution < -0.4 is 5.56 Å². The number of aromatic nitrogens is 2. The van der Waals surface area contributed by atoms with Crippen molar-refractivity contribution in [1.82, 2.24) is 9.97 Å². The molecule has 0 radical (unpaired) electrons. The Morgan fingerprint density at radius 1 is 1.21 bits per heavy atom. The Kier molecular flexibility index (Phi) is 3.37. The molecule has 0 aliphatic rings. The zero-order valence-corrected chi connectivity index (χ0v) is 11.7. The van der Waals surface area contributed by atoms with Crippen LogP contribution in [-0.4, -0.2) is 15.1 Å². The molecule has 0 aliphatic carbocycles. The van der Waals surface area contributed by atoms with Crippen LogP contribution in [0.15, 0.2) is 29.1 Å². The maximum atomic E-state index is 12.1. The monoisotopic (exact) mass is 278 g/mol. The number of aromatic amines is 1. The first-order valence-corrected chi connectivity index (χ1v) is 6.26. The summed E-state index contributed by atoms with van der Waals surface area (Å²) in [6.45, 7) is 5.73. The van der Waals surface area contributed by atoms with E-state index in [9.17, 15) is 9.90 Å². The Balaban J connectivity index is 2.60. The van der Waals surface area contributed by atoms with Crippen molar-refractivity contribution in [2.45, 2.75) is 26.2 Å². The lowest BCUT2D eigenvalue weighted by atomic mass is 9.95. The van der Waals surface area contributed by atoms with Gasteiger partial charge in [-0.2, -0.15) is 4.98 Å². The third kappa shape index (κ3) is 2.79. The molecule has 1 aromatic heterocycles. The van der Waals surface area contributed by atoms with Crippen LogP contribution in [0.2, 0.25) is 5.02 Å². The average Bonchev–Trinajstić information content (AvgIpc) is 2.29. The highest BCUT2D eigenvalue weighted by Gasteiger charge is 2.20. The number of hydrogen-bond donors (Lipinski definition) is 2. The van der Waals surface area contributed by atoms with Crippen molar-refractivity contribution in [3.05, 3.63) is 45.5 Å². The molecule has 0 fully saturated rings. The van der Waals surface area contributed by atoms with E-state index in [1.54, 1.807) is 24.3 Å². The van der Waals surface area contributed by atoms with Gasteiger partial charge in [-0.15, -0.1) is 0 Å². The summed E-state index contributed by atoms with van der Waals surface area (Å²) in [5.41, 5.74) is 0.0374. The molecule has 100 valence electrons. The second-order valence-corrected chi connectivity index (χ2v) is 5.81. The largest absolute Gasteiger partial charge is 0.493 e. The van der Waals surface area contributed by atoms with Crippen LogP contribution in [0.4, 0.5) is 0 Å². The molecule has 0 amide bonds. The van der Waals surface area contributed by atoms with Crippen molar-refractivity contribution in [3.63, 3.8) is 0 Å². The fraction of sp³-hybridized carbons (Fsp3) is 0.286. The van der Waals surface area contributed by atoms with Gasteiger partial charge in [-0.1, -0.05) is 44.5 Å². The summed E-state index contributed by atoms with van der Waals surface area (Å²) >= 11 is 5.80. The van der Waals surface area contributed by atoms with Crippen LogP contribution in [0.1, 0.15) is 26.6 Å². The van der Waals surface area contributed by atoms with Gasteiger partial charge < -0.3 is 10.1 Å². The summed E-state index contributed by atoms with van der Waals surface area (Å²) in [6.07, 6.45) is 0. The van der Waals surface area contributed by atoms with E-state index in [1.807, 2.05) is 20.8 Å². The van der Waals surface area contributed by atoms with Gasteiger partial charge in [-0.05, 0) is 17.7 Å². The number of benzene rings is 1. The Bertz CT molecular complexity index is 655. The van der Waals surface area contributed by atoms with Gasteiger partial charge in [-0.3, -0.25) is 4.79 Å². The molecule has 0 atom stereocenters. The van der Waals surface area contributed by atoms with Gasteiger partial charge >= 0.3 is 0 Å². The van der Waals surface area contributed by atoms with Crippen molar-refractivity contribution in [2.24, 2.45) is 0 Å². The minimum atomic E-state index is -0.361. The number of rotatable bonds is 1. The average molecular weight is 279 g/mol. The van der Waals surface area contributed by atoms with Crippen LogP contribution in [0, 0.1) is 0 Å². The molecule has 1 heterocycles. The van der Waals surface area contributed by atoms with E-state index in [0.29, 0.717) is 16.4 Å². The van der Waals surface area contributed by atoms with E-state index in [0.717, 1.165) is 0 Å². The maximum Gasteiger partial charge on any atom is 0.262 e. The molecule has 4 nitrogen and oxygen atoms in total. The van der Waals surface area contributed by atoms with E-state index < -0.39 is 0 Å². The molecule has 5 heteroatoms. The van der Waals surface area contributed by atoms with Crippen LogP contribution >= 0.6 is 11.6 Å². The predicted molar refractivity (Wildman–Crippen MR) is 75.7 cm³/mol. The van der Waals surface area contributed by atoms with Crippen LogP contribution in [0.3, 0.4) is 0 Å². The SMILES string of the molecule is CC(C)(C)c1nc(O)c(-c2ccc(Cl)cc2)c(=O)[nH]1. The molecule has 0 saturated carbocycles. The Hall–Kier alpha value is -1.81. The molecule has 0 spiro atoms. The Labute approximate surface area is 116 Å². The maximum absolute atomic E-state index is 12.1. The van der Waals surface area contributed by atoms with Gasteiger partial charge in [0.2, 0.25) is 5.88 Å². The smallest absolute Gasteiger partial charge is 0.262 e. The van der Waals surface area contributed by atoms with Crippen LogP contribution in [-0.2, 0) is 5.41 Å². The number of nitrogens with zero attached hydrogens (tertiary/aromatic N) is 1. The van der Waals surface area contributed by atoms with Gasteiger partial charge in [0.05, 0.1) is 0 Å². The number of nitrogens with one attached hydrogen (secondary N) is 1. The second-order valence-electron chi connectivity index (χ2n) is 5.37. The molecule has 2 N–H and O–H groups in total. The highest BCUT2D eigenvalue weighted by molar-refractivity contribution is 6.30. The van der Waals surface area contributed by atoms with Crippen molar-refractivity contribution < 1.29 is 5.11 Å². The molecule has 0 aliphatic heterocycles. The van der Waals surface area contributed by atoms with E-state index in [-0.39, 0.29) is 22.4 Å². The molecule has 1 aromatic carbocycles. The topological polar surface area (TPSA) is 66.0 Å². The zero-order chi connectivity index (χ0) is 14.2. The first kappa shape index (κ1) is 13.6. The van der Waals surface area contributed by atoms with Crippen LogP contribution in [0.5, 0.6) is 5.88 Å². The molecule has 0 saturated heterocycles. The fourth-order valence-corrected chi connectivity index (χ4v) is 1.82.